The summed E-state index contributed by atoms with van der Waals surface area (Å²) >= 11 is 3.47. The van der Waals surface area contributed by atoms with Crippen LogP contribution in [-0.2, 0) is 6.18 Å². The maximum atomic E-state index is 13.9. The summed E-state index contributed by atoms with van der Waals surface area (Å²) in [6, 6.07) is 5.97. The topological polar surface area (TPSA) is 142 Å². The Hall–Kier alpha value is -3.87. The molecule has 2 heterocycles. The fraction of sp³-hybridized carbons (Fsp3) is 0.136. The average molecular weight is 551 g/mol. The number of hydrogen-bond donors (Lipinski definition) is 4. The molecule has 8 nitrogen and oxygen atoms in total. The van der Waals surface area contributed by atoms with E-state index in [1.165, 1.54) is 24.5 Å². The van der Waals surface area contributed by atoms with Crippen LogP contribution in [0.3, 0.4) is 0 Å². The highest BCUT2D eigenvalue weighted by molar-refractivity contribution is 9.10. The van der Waals surface area contributed by atoms with Gasteiger partial charge in [0.25, 0.3) is 0 Å². The predicted octanol–water partition coefficient (Wildman–Crippen LogP) is 5.05. The lowest BCUT2D eigenvalue weighted by molar-refractivity contribution is -0.144. The van der Waals surface area contributed by atoms with E-state index >= 15 is 0 Å². The van der Waals surface area contributed by atoms with Crippen LogP contribution >= 0.6 is 15.9 Å². The van der Waals surface area contributed by atoms with Crippen LogP contribution < -0.4 is 11.5 Å². The highest BCUT2D eigenvalue weighted by Gasteiger charge is 2.34. The summed E-state index contributed by atoms with van der Waals surface area (Å²) in [6.07, 6.45) is 0.767. The van der Waals surface area contributed by atoms with Gasteiger partial charge in [0, 0.05) is 45.8 Å². The Kier molecular flexibility index (Phi) is 7.79. The molecule has 182 valence electrons. The minimum absolute atomic E-state index is 0.0904. The van der Waals surface area contributed by atoms with Gasteiger partial charge in [-0.25, -0.2) is 19.4 Å². The van der Waals surface area contributed by atoms with E-state index < -0.39 is 23.7 Å². The van der Waals surface area contributed by atoms with Gasteiger partial charge >= 0.3 is 6.18 Å². The number of alkyl halides is 3. The first kappa shape index (κ1) is 25.7. The third kappa shape index (κ3) is 5.62. The molecule has 0 spiro atoms. The van der Waals surface area contributed by atoms with Gasteiger partial charge in [0.05, 0.1) is 11.4 Å². The Labute approximate surface area is 205 Å². The molecule has 0 fully saturated rings. The number of nitrogens with zero attached hydrogens (tertiary/aromatic N) is 4. The van der Waals surface area contributed by atoms with Crippen molar-refractivity contribution in [3.63, 3.8) is 0 Å². The third-order valence-electron chi connectivity index (χ3n) is 4.95. The van der Waals surface area contributed by atoms with E-state index in [1.54, 1.807) is 19.1 Å². The highest BCUT2D eigenvalue weighted by atomic mass is 79.9. The van der Waals surface area contributed by atoms with Gasteiger partial charge < -0.3 is 16.5 Å². The average Bonchev–Trinajstić information content (AvgIpc) is 3.17. The number of aromatic amines is 1. The lowest BCUT2D eigenvalue weighted by Crippen LogP contribution is -2.16. The molecule has 0 bridgehead atoms. The van der Waals surface area contributed by atoms with Gasteiger partial charge in [-0.1, -0.05) is 19.1 Å². The lowest BCUT2D eigenvalue weighted by atomic mass is 9.98. The first-order chi connectivity index (χ1) is 16.6. The molecule has 0 aliphatic rings. The van der Waals surface area contributed by atoms with Crippen molar-refractivity contribution < 1.29 is 17.6 Å². The SMILES string of the molecule is CC(C(C=Nc1ccccc1F)=CN)c1[nH]c(C(N)=NC=N)c(-c2cnc(C(F)(F)F)nc2)c1Br. The minimum atomic E-state index is -4.70. The fourth-order valence-corrected chi connectivity index (χ4v) is 4.03. The molecule has 35 heavy (non-hydrogen) atoms. The molecule has 0 amide bonds. The summed E-state index contributed by atoms with van der Waals surface area (Å²) in [5.74, 6) is -2.34. The number of H-pyrrole nitrogens is 1. The molecule has 0 aliphatic carbocycles. The number of nitrogens with one attached hydrogen (secondary N) is 2. The van der Waals surface area contributed by atoms with Gasteiger partial charge in [-0.2, -0.15) is 13.2 Å². The van der Waals surface area contributed by atoms with Crippen LogP contribution in [0.5, 0.6) is 0 Å². The van der Waals surface area contributed by atoms with Crippen molar-refractivity contribution in [3.05, 3.63) is 75.9 Å². The number of para-hydroxylation sites is 1. The summed E-state index contributed by atoms with van der Waals surface area (Å²) in [4.78, 5) is 17.8. The summed E-state index contributed by atoms with van der Waals surface area (Å²) in [7, 11) is 0. The van der Waals surface area contributed by atoms with Crippen LogP contribution in [0.2, 0.25) is 0 Å². The van der Waals surface area contributed by atoms with Gasteiger partial charge in [-0.3, -0.25) is 10.4 Å². The third-order valence-corrected chi connectivity index (χ3v) is 5.77. The predicted molar refractivity (Wildman–Crippen MR) is 129 cm³/mol. The van der Waals surface area contributed by atoms with E-state index in [-0.39, 0.29) is 22.8 Å². The molecule has 0 radical (unpaired) electrons. The Morgan fingerprint density at radius 3 is 2.46 bits per heavy atom. The molecule has 0 saturated carbocycles. The second-order valence-corrected chi connectivity index (χ2v) is 7.93. The van der Waals surface area contributed by atoms with E-state index in [1.807, 2.05) is 0 Å². The lowest BCUT2D eigenvalue weighted by Gasteiger charge is -2.12. The number of nitrogens with two attached hydrogens (primary N) is 2. The van der Waals surface area contributed by atoms with Crippen molar-refractivity contribution in [2.75, 3.05) is 0 Å². The fourth-order valence-electron chi connectivity index (χ4n) is 3.16. The van der Waals surface area contributed by atoms with Crippen molar-refractivity contribution in [1.82, 2.24) is 15.0 Å². The maximum Gasteiger partial charge on any atom is 0.451 e. The number of aliphatic imine (C=N–C) groups is 2. The molecular weight excluding hydrogens is 532 g/mol. The van der Waals surface area contributed by atoms with Gasteiger partial charge in [0.1, 0.15) is 18.0 Å². The molecule has 13 heteroatoms. The number of amidine groups is 1. The van der Waals surface area contributed by atoms with E-state index in [2.05, 4.69) is 40.9 Å². The molecule has 3 aromatic rings. The zero-order valence-electron chi connectivity index (χ0n) is 18.1. The monoisotopic (exact) mass is 550 g/mol. The van der Waals surface area contributed by atoms with E-state index in [4.69, 9.17) is 16.9 Å². The van der Waals surface area contributed by atoms with Gasteiger partial charge in [-0.05, 0) is 39.8 Å². The molecule has 2 aromatic heterocycles. The smallest absolute Gasteiger partial charge is 0.404 e. The Bertz CT molecular complexity index is 1310. The van der Waals surface area contributed by atoms with Crippen molar-refractivity contribution in [2.24, 2.45) is 21.5 Å². The summed E-state index contributed by atoms with van der Waals surface area (Å²) in [5, 5.41) is 7.21. The van der Waals surface area contributed by atoms with Crippen LogP contribution in [-0.4, -0.2) is 33.3 Å². The molecule has 0 aliphatic heterocycles. The van der Waals surface area contributed by atoms with Gasteiger partial charge in [0.15, 0.2) is 0 Å². The second-order valence-electron chi connectivity index (χ2n) is 7.14. The van der Waals surface area contributed by atoms with Gasteiger partial charge in [0.2, 0.25) is 5.82 Å². The number of benzene rings is 1. The first-order valence-corrected chi connectivity index (χ1v) is 10.7. The van der Waals surface area contributed by atoms with Crippen molar-refractivity contribution >= 4 is 40.0 Å². The standard InChI is InChI=1S/C22H19BrF4N8/c1-11(12(6-28)7-31-15-5-3-2-4-14(15)24)18-17(23)16(19(35-18)20(30)34-10-29)13-8-32-21(33-9-13)22(25,26)27/h2-11,35H,28H2,1H3,(H3,29,30,34). The normalized spacial score (nSPS) is 13.9. The van der Waals surface area contributed by atoms with E-state index in [0.29, 0.717) is 21.3 Å². The Morgan fingerprint density at radius 2 is 1.89 bits per heavy atom. The molecule has 1 aromatic carbocycles. The second kappa shape index (κ2) is 10.6. The largest absolute Gasteiger partial charge is 0.451 e. The number of allylic oxidation sites excluding steroid dienone is 1. The van der Waals surface area contributed by atoms with Crippen molar-refractivity contribution in [1.29, 1.82) is 5.41 Å². The minimum Gasteiger partial charge on any atom is -0.404 e. The van der Waals surface area contributed by atoms with Crippen LogP contribution in [0, 0.1) is 11.2 Å². The zero-order chi connectivity index (χ0) is 25.8. The Balaban J connectivity index is 2.08. The molecule has 1 unspecified atom stereocenters. The Morgan fingerprint density at radius 1 is 1.23 bits per heavy atom. The van der Waals surface area contributed by atoms with Crippen molar-refractivity contribution in [3.8, 4) is 11.1 Å². The molecule has 3 rings (SSSR count). The molecule has 1 atom stereocenters. The summed E-state index contributed by atoms with van der Waals surface area (Å²) < 4.78 is 53.1. The number of hydrogen-bond acceptors (Lipinski definition) is 5. The number of aromatic nitrogens is 3. The first-order valence-electron chi connectivity index (χ1n) is 9.92. The molecular formula is C22H19BrF4N8. The summed E-state index contributed by atoms with van der Waals surface area (Å²) in [5.41, 5.74) is 13.7. The highest BCUT2D eigenvalue weighted by Crippen LogP contribution is 2.39. The molecule has 6 N–H and O–H groups in total. The summed E-state index contributed by atoms with van der Waals surface area (Å²) in [6.45, 7) is 1.78. The number of halogens is 5. The van der Waals surface area contributed by atoms with Crippen LogP contribution in [0.25, 0.3) is 11.1 Å². The number of rotatable bonds is 7. The van der Waals surface area contributed by atoms with Crippen LogP contribution in [0.4, 0.5) is 23.2 Å². The van der Waals surface area contributed by atoms with Crippen LogP contribution in [0.15, 0.2) is 62.9 Å². The van der Waals surface area contributed by atoms with Crippen molar-refractivity contribution in [2.45, 2.75) is 19.0 Å². The van der Waals surface area contributed by atoms with Gasteiger partial charge in [-0.15, -0.1) is 0 Å². The van der Waals surface area contributed by atoms with E-state index in [9.17, 15) is 17.6 Å². The zero-order valence-corrected chi connectivity index (χ0v) is 19.7. The quantitative estimate of drug-likeness (QED) is 0.185. The van der Waals surface area contributed by atoms with E-state index in [0.717, 1.165) is 18.7 Å². The maximum absolute atomic E-state index is 13.9. The molecule has 0 saturated heterocycles. The van der Waals surface area contributed by atoms with Crippen LogP contribution in [0.1, 0.15) is 30.1 Å².